The van der Waals surface area contributed by atoms with Crippen LogP contribution in [0.4, 0.5) is 17.1 Å². The van der Waals surface area contributed by atoms with Gasteiger partial charge in [-0.3, -0.25) is 0 Å². The van der Waals surface area contributed by atoms with Crippen molar-refractivity contribution in [2.24, 2.45) is 0 Å². The Balaban J connectivity index is 0.846. The first-order valence-corrected chi connectivity index (χ1v) is 25.1. The molecule has 73 heavy (non-hydrogen) atoms. The summed E-state index contributed by atoms with van der Waals surface area (Å²) in [6.45, 7) is 0. The van der Waals surface area contributed by atoms with E-state index >= 15 is 0 Å². The molecule has 0 bridgehead atoms. The predicted molar refractivity (Wildman–Crippen MR) is 305 cm³/mol. The maximum absolute atomic E-state index is 6.48. The van der Waals surface area contributed by atoms with Crippen molar-refractivity contribution < 1.29 is 4.42 Å². The molecule has 2 heteroatoms. The van der Waals surface area contributed by atoms with E-state index in [0.717, 1.165) is 50.1 Å². The third-order valence-electron chi connectivity index (χ3n) is 15.1. The van der Waals surface area contributed by atoms with Gasteiger partial charge in [0, 0.05) is 16.8 Å². The number of nitrogens with zero attached hydrogens (tertiary/aromatic N) is 1. The van der Waals surface area contributed by atoms with Gasteiger partial charge in [-0.2, -0.15) is 0 Å². The first-order valence-electron chi connectivity index (χ1n) is 25.1. The summed E-state index contributed by atoms with van der Waals surface area (Å²) in [5, 5.41) is 4.67. The van der Waals surface area contributed by atoms with Crippen LogP contribution in [0.5, 0.6) is 0 Å². The molecule has 1 aromatic heterocycles. The molecule has 0 amide bonds. The lowest BCUT2D eigenvalue weighted by Gasteiger charge is -2.34. The minimum Gasteiger partial charge on any atom is -0.456 e. The van der Waals surface area contributed by atoms with E-state index in [4.69, 9.17) is 4.42 Å². The second-order valence-electron chi connectivity index (χ2n) is 19.2. The molecule has 0 atom stereocenters. The maximum Gasteiger partial charge on any atom is 0.137 e. The molecule has 1 aliphatic carbocycles. The van der Waals surface area contributed by atoms with Gasteiger partial charge >= 0.3 is 0 Å². The highest BCUT2D eigenvalue weighted by Gasteiger charge is 2.46. The Morgan fingerprint density at radius 1 is 0.288 bits per heavy atom. The van der Waals surface area contributed by atoms with Gasteiger partial charge in [0.1, 0.15) is 11.2 Å². The minimum atomic E-state index is -0.468. The lowest BCUT2D eigenvalue weighted by atomic mass is 9.67. The normalized spacial score (nSPS) is 12.5. The van der Waals surface area contributed by atoms with Crippen molar-refractivity contribution in [3.63, 3.8) is 0 Å². The summed E-state index contributed by atoms with van der Waals surface area (Å²) in [6, 6.07) is 104. The molecule has 2 nitrogen and oxygen atoms in total. The number of furan rings is 1. The zero-order chi connectivity index (χ0) is 48.3. The van der Waals surface area contributed by atoms with Crippen LogP contribution in [0.1, 0.15) is 22.3 Å². The Kier molecular flexibility index (Phi) is 10.1. The molecule has 12 aromatic carbocycles. The molecule has 1 heterocycles. The zero-order valence-electron chi connectivity index (χ0n) is 40.0. The fourth-order valence-electron chi connectivity index (χ4n) is 11.7. The van der Waals surface area contributed by atoms with E-state index in [9.17, 15) is 0 Å². The van der Waals surface area contributed by atoms with Crippen molar-refractivity contribution >= 4 is 49.8 Å². The summed E-state index contributed by atoms with van der Waals surface area (Å²) in [7, 11) is 0. The summed E-state index contributed by atoms with van der Waals surface area (Å²) in [6.07, 6.45) is 0. The van der Waals surface area contributed by atoms with Gasteiger partial charge in [-0.15, -0.1) is 0 Å². The average Bonchev–Trinajstić information content (AvgIpc) is 4.00. The molecule has 0 unspecified atom stereocenters. The third-order valence-corrected chi connectivity index (χ3v) is 15.1. The van der Waals surface area contributed by atoms with Crippen LogP contribution in [0, 0.1) is 0 Å². The van der Waals surface area contributed by atoms with Gasteiger partial charge in [0.05, 0.1) is 16.5 Å². The molecule has 0 saturated heterocycles. The fourth-order valence-corrected chi connectivity index (χ4v) is 11.7. The second kappa shape index (κ2) is 17.4. The number of benzene rings is 12. The number of hydrogen-bond donors (Lipinski definition) is 0. The Morgan fingerprint density at radius 2 is 0.767 bits per heavy atom. The Bertz CT molecular complexity index is 4150. The van der Waals surface area contributed by atoms with E-state index in [1.165, 1.54) is 77.5 Å². The lowest BCUT2D eigenvalue weighted by Crippen LogP contribution is -2.28. The molecule has 0 radical (unpaired) electrons. The number of hydrogen-bond acceptors (Lipinski definition) is 2. The van der Waals surface area contributed by atoms with E-state index in [2.05, 4.69) is 284 Å². The van der Waals surface area contributed by atoms with E-state index < -0.39 is 5.41 Å². The van der Waals surface area contributed by atoms with Crippen molar-refractivity contribution in [2.45, 2.75) is 5.41 Å². The Labute approximate surface area is 425 Å². The third kappa shape index (κ3) is 7.10. The van der Waals surface area contributed by atoms with Crippen LogP contribution >= 0.6 is 0 Å². The molecule has 342 valence electrons. The predicted octanol–water partition coefficient (Wildman–Crippen LogP) is 19.2. The van der Waals surface area contributed by atoms with Crippen molar-refractivity contribution in [3.8, 4) is 55.6 Å². The number of rotatable bonds is 9. The molecule has 0 aliphatic heterocycles. The minimum absolute atomic E-state index is 0.468. The standard InChI is InChI=1S/C71H47NO/c1-3-22-58(23-4-1)71(59-24-5-2-6-25-59)65-28-11-9-26-62(65)63-43-38-57(47-66(63)71)50-36-41-61(42-37-50)72(67-29-15-31-69-70(67)64-27-10-12-30-68(64)73-69)60-39-34-49(35-40-60)52-18-13-19-53(44-52)54-20-14-21-55(46-54)56-33-32-48-16-7-8-17-51(48)45-56/h1-47H. The fraction of sp³-hybridized carbons (Fsp3) is 0.0141. The van der Waals surface area contributed by atoms with Gasteiger partial charge in [0.25, 0.3) is 0 Å². The quantitative estimate of drug-likeness (QED) is 0.143. The van der Waals surface area contributed by atoms with Crippen molar-refractivity contribution in [1.29, 1.82) is 0 Å². The summed E-state index contributed by atoms with van der Waals surface area (Å²) in [4.78, 5) is 2.38. The highest BCUT2D eigenvalue weighted by Crippen LogP contribution is 2.57. The van der Waals surface area contributed by atoms with Gasteiger partial charge in [-0.25, -0.2) is 0 Å². The van der Waals surface area contributed by atoms with Gasteiger partial charge in [-0.05, 0) is 155 Å². The monoisotopic (exact) mass is 929 g/mol. The van der Waals surface area contributed by atoms with E-state index in [1.807, 2.05) is 6.07 Å². The van der Waals surface area contributed by atoms with Crippen LogP contribution in [0.15, 0.2) is 290 Å². The van der Waals surface area contributed by atoms with E-state index in [1.54, 1.807) is 0 Å². The molecule has 14 rings (SSSR count). The first-order chi connectivity index (χ1) is 36.2. The van der Waals surface area contributed by atoms with Crippen LogP contribution < -0.4 is 4.90 Å². The van der Waals surface area contributed by atoms with Gasteiger partial charge in [-0.1, -0.05) is 218 Å². The van der Waals surface area contributed by atoms with Gasteiger partial charge in [0.15, 0.2) is 0 Å². The van der Waals surface area contributed by atoms with E-state index in [-0.39, 0.29) is 0 Å². The van der Waals surface area contributed by atoms with Crippen LogP contribution in [-0.4, -0.2) is 0 Å². The molecule has 1 aliphatic rings. The number of fused-ring (bicyclic) bond motifs is 7. The van der Waals surface area contributed by atoms with Crippen LogP contribution in [-0.2, 0) is 5.41 Å². The van der Waals surface area contributed by atoms with Crippen molar-refractivity contribution in [3.05, 3.63) is 307 Å². The van der Waals surface area contributed by atoms with Gasteiger partial charge in [0.2, 0.25) is 0 Å². The van der Waals surface area contributed by atoms with Gasteiger partial charge < -0.3 is 9.32 Å². The zero-order valence-corrected chi connectivity index (χ0v) is 40.0. The summed E-state index contributed by atoms with van der Waals surface area (Å²) < 4.78 is 6.48. The molecular formula is C71H47NO. The van der Waals surface area contributed by atoms with Crippen molar-refractivity contribution in [2.75, 3.05) is 4.90 Å². The second-order valence-corrected chi connectivity index (χ2v) is 19.2. The highest BCUT2D eigenvalue weighted by molar-refractivity contribution is 6.13. The van der Waals surface area contributed by atoms with E-state index in [0.29, 0.717) is 0 Å². The molecule has 0 fully saturated rings. The largest absolute Gasteiger partial charge is 0.456 e. The Morgan fingerprint density at radius 3 is 1.44 bits per heavy atom. The van der Waals surface area contributed by atoms with Crippen molar-refractivity contribution in [1.82, 2.24) is 0 Å². The summed E-state index contributed by atoms with van der Waals surface area (Å²) >= 11 is 0. The smallest absolute Gasteiger partial charge is 0.137 e. The average molecular weight is 930 g/mol. The number of anilines is 3. The lowest BCUT2D eigenvalue weighted by molar-refractivity contribution is 0.669. The maximum atomic E-state index is 6.48. The molecule has 0 saturated carbocycles. The summed E-state index contributed by atoms with van der Waals surface area (Å²) in [5.74, 6) is 0. The Hall–Kier alpha value is -9.50. The molecule has 0 spiro atoms. The molecule has 0 N–H and O–H groups in total. The van der Waals surface area contributed by atoms with Crippen LogP contribution in [0.3, 0.4) is 0 Å². The molecular weight excluding hydrogens is 883 g/mol. The SMILES string of the molecule is c1ccc(C2(c3ccccc3)c3ccccc3-c3ccc(-c4ccc(N(c5ccc(-c6cccc(-c7cccc(-c8ccc9ccccc9c8)c7)c6)cc5)c5cccc6oc7ccccc7c56)cc4)cc32)cc1. The van der Waals surface area contributed by atoms with Crippen LogP contribution in [0.25, 0.3) is 88.3 Å². The van der Waals surface area contributed by atoms with Crippen LogP contribution in [0.2, 0.25) is 0 Å². The summed E-state index contributed by atoms with van der Waals surface area (Å²) in [5.41, 5.74) is 21.6. The highest BCUT2D eigenvalue weighted by atomic mass is 16.3. The first kappa shape index (κ1) is 42.4. The number of para-hydroxylation sites is 1. The molecule has 13 aromatic rings. The topological polar surface area (TPSA) is 16.4 Å².